The molecule has 2 aromatic rings. The first-order chi connectivity index (χ1) is 12.1. The van der Waals surface area contributed by atoms with Gasteiger partial charge in [-0.3, -0.25) is 0 Å². The van der Waals surface area contributed by atoms with Gasteiger partial charge in [0.2, 0.25) is 10.0 Å². The zero-order chi connectivity index (χ0) is 17.9. The quantitative estimate of drug-likeness (QED) is 0.783. The van der Waals surface area contributed by atoms with Gasteiger partial charge in [-0.05, 0) is 36.4 Å². The summed E-state index contributed by atoms with van der Waals surface area (Å²) in [6.45, 7) is 0.541. The lowest BCUT2D eigenvalue weighted by molar-refractivity contribution is 0.331. The minimum absolute atomic E-state index is 0.0967. The molecule has 0 spiro atoms. The van der Waals surface area contributed by atoms with Crippen LogP contribution in [0.15, 0.2) is 40.6 Å². The Kier molecular flexibility index (Phi) is 5.66. The van der Waals surface area contributed by atoms with Crippen molar-refractivity contribution in [1.82, 2.24) is 4.31 Å². The van der Waals surface area contributed by atoms with Crippen molar-refractivity contribution in [3.05, 3.63) is 40.6 Å². The predicted molar refractivity (Wildman–Crippen MR) is 99.0 cm³/mol. The van der Waals surface area contributed by atoms with Crippen LogP contribution in [0.5, 0.6) is 11.5 Å². The molecule has 0 N–H and O–H groups in total. The van der Waals surface area contributed by atoms with E-state index < -0.39 is 10.0 Å². The van der Waals surface area contributed by atoms with Crippen molar-refractivity contribution in [2.45, 2.75) is 36.6 Å². The average Bonchev–Trinajstić information content (AvgIpc) is 3.04. The first-order valence-corrected chi connectivity index (χ1v) is 10.7. The Balaban J connectivity index is 2.01. The summed E-state index contributed by atoms with van der Waals surface area (Å²) in [5, 5.41) is 2.00. The number of hydrogen-bond donors (Lipinski definition) is 0. The minimum atomic E-state index is -3.61. The van der Waals surface area contributed by atoms with Crippen LogP contribution in [0.2, 0.25) is 0 Å². The zero-order valence-electron chi connectivity index (χ0n) is 14.5. The number of ether oxygens (including phenoxy) is 2. The predicted octanol–water partition coefficient (Wildman–Crippen LogP) is 4.07. The van der Waals surface area contributed by atoms with Gasteiger partial charge in [-0.25, -0.2) is 8.42 Å². The monoisotopic (exact) mass is 381 g/mol. The van der Waals surface area contributed by atoms with E-state index in [1.54, 1.807) is 33.8 Å². The van der Waals surface area contributed by atoms with Crippen molar-refractivity contribution in [3.63, 3.8) is 0 Å². The van der Waals surface area contributed by atoms with E-state index >= 15 is 0 Å². The Morgan fingerprint density at radius 2 is 1.88 bits per heavy atom. The molecule has 0 aliphatic carbocycles. The lowest BCUT2D eigenvalue weighted by Gasteiger charge is -2.28. The van der Waals surface area contributed by atoms with Crippen LogP contribution in [-0.4, -0.2) is 33.5 Å². The molecule has 136 valence electrons. The van der Waals surface area contributed by atoms with Crippen molar-refractivity contribution in [3.8, 4) is 11.5 Å². The second-order valence-corrected chi connectivity index (χ2v) is 8.88. The average molecular weight is 382 g/mol. The molecule has 0 radical (unpaired) electrons. The standard InChI is InChI=1S/C18H23NO4S2/c1-22-16-10-9-14(13-17(16)23-2)25(20,21)19-11-5-3-4-7-15(19)18-8-6-12-24-18/h6,8-10,12-13,15H,3-5,7,11H2,1-2H3. The van der Waals surface area contributed by atoms with Gasteiger partial charge in [-0.2, -0.15) is 4.31 Å². The van der Waals surface area contributed by atoms with Gasteiger partial charge in [0.1, 0.15) is 0 Å². The minimum Gasteiger partial charge on any atom is -0.493 e. The molecule has 0 bridgehead atoms. The molecule has 1 aromatic heterocycles. The summed E-state index contributed by atoms with van der Waals surface area (Å²) in [4.78, 5) is 1.35. The van der Waals surface area contributed by atoms with E-state index in [-0.39, 0.29) is 10.9 Å². The first-order valence-electron chi connectivity index (χ1n) is 8.35. The lowest BCUT2D eigenvalue weighted by atomic mass is 10.1. The number of sulfonamides is 1. The van der Waals surface area contributed by atoms with Gasteiger partial charge in [0, 0.05) is 17.5 Å². The molecule has 1 saturated heterocycles. The maximum Gasteiger partial charge on any atom is 0.243 e. The molecular formula is C18H23NO4S2. The molecule has 0 amide bonds. The highest BCUT2D eigenvalue weighted by atomic mass is 32.2. The van der Waals surface area contributed by atoms with Crippen LogP contribution in [0.3, 0.4) is 0 Å². The summed E-state index contributed by atoms with van der Waals surface area (Å²) < 4.78 is 38.8. The van der Waals surface area contributed by atoms with E-state index in [1.807, 2.05) is 17.5 Å². The third kappa shape index (κ3) is 3.68. The van der Waals surface area contributed by atoms with Crippen LogP contribution in [-0.2, 0) is 10.0 Å². The van der Waals surface area contributed by atoms with Crippen molar-refractivity contribution in [1.29, 1.82) is 0 Å². The van der Waals surface area contributed by atoms with E-state index in [9.17, 15) is 8.42 Å². The van der Waals surface area contributed by atoms with Gasteiger partial charge in [0.25, 0.3) is 0 Å². The van der Waals surface area contributed by atoms with E-state index in [2.05, 4.69) is 0 Å². The summed E-state index contributed by atoms with van der Waals surface area (Å²) in [6, 6.07) is 8.69. The fraction of sp³-hybridized carbons (Fsp3) is 0.444. The molecule has 0 saturated carbocycles. The molecule has 7 heteroatoms. The molecule has 1 aliphatic heterocycles. The third-order valence-corrected chi connectivity index (χ3v) is 7.41. The Hall–Kier alpha value is -1.57. The number of thiophene rings is 1. The third-order valence-electron chi connectivity index (χ3n) is 4.54. The molecule has 5 nitrogen and oxygen atoms in total. The Morgan fingerprint density at radius 3 is 2.56 bits per heavy atom. The highest BCUT2D eigenvalue weighted by Gasteiger charge is 2.34. The first kappa shape index (κ1) is 18.2. The van der Waals surface area contributed by atoms with Crippen LogP contribution in [0.4, 0.5) is 0 Å². The maximum absolute atomic E-state index is 13.3. The van der Waals surface area contributed by atoms with Gasteiger partial charge in [-0.15, -0.1) is 11.3 Å². The number of rotatable bonds is 5. The van der Waals surface area contributed by atoms with Gasteiger partial charge < -0.3 is 9.47 Å². The maximum atomic E-state index is 13.3. The van der Waals surface area contributed by atoms with Crippen molar-refractivity contribution in [2.75, 3.05) is 20.8 Å². The second kappa shape index (κ2) is 7.76. The topological polar surface area (TPSA) is 55.8 Å². The Bertz CT molecular complexity index is 802. The largest absolute Gasteiger partial charge is 0.493 e. The van der Waals surface area contributed by atoms with E-state index in [0.29, 0.717) is 18.0 Å². The highest BCUT2D eigenvalue weighted by Crippen LogP contribution is 2.38. The number of nitrogens with zero attached hydrogens (tertiary/aromatic N) is 1. The zero-order valence-corrected chi connectivity index (χ0v) is 16.1. The molecule has 2 heterocycles. The fourth-order valence-corrected chi connectivity index (χ4v) is 5.88. The molecule has 1 fully saturated rings. The molecule has 1 aliphatic rings. The van der Waals surface area contributed by atoms with E-state index in [1.165, 1.54) is 14.2 Å². The lowest BCUT2D eigenvalue weighted by Crippen LogP contribution is -2.34. The van der Waals surface area contributed by atoms with Crippen molar-refractivity contribution >= 4 is 21.4 Å². The molecule has 1 aromatic carbocycles. The fourth-order valence-electron chi connectivity index (χ4n) is 3.25. The summed E-state index contributed by atoms with van der Waals surface area (Å²) in [5.74, 6) is 0.943. The Labute approximate surface area is 153 Å². The smallest absolute Gasteiger partial charge is 0.243 e. The van der Waals surface area contributed by atoms with Crippen LogP contribution in [0.25, 0.3) is 0 Å². The van der Waals surface area contributed by atoms with Crippen molar-refractivity contribution in [2.24, 2.45) is 0 Å². The molecular weight excluding hydrogens is 358 g/mol. The van der Waals surface area contributed by atoms with Gasteiger partial charge in [0.05, 0.1) is 25.2 Å². The molecule has 1 unspecified atom stereocenters. The Morgan fingerprint density at radius 1 is 1.08 bits per heavy atom. The van der Waals surface area contributed by atoms with E-state index in [0.717, 1.165) is 30.6 Å². The summed E-state index contributed by atoms with van der Waals surface area (Å²) in [5.41, 5.74) is 0. The molecule has 3 rings (SSSR count). The van der Waals surface area contributed by atoms with Crippen LogP contribution in [0, 0.1) is 0 Å². The van der Waals surface area contributed by atoms with Crippen molar-refractivity contribution < 1.29 is 17.9 Å². The van der Waals surface area contributed by atoms with Crippen LogP contribution in [0.1, 0.15) is 36.6 Å². The summed E-state index contributed by atoms with van der Waals surface area (Å²) in [6.07, 6.45) is 3.84. The van der Waals surface area contributed by atoms with Crippen LogP contribution < -0.4 is 9.47 Å². The second-order valence-electron chi connectivity index (χ2n) is 6.01. The van der Waals surface area contributed by atoms with Gasteiger partial charge in [0.15, 0.2) is 11.5 Å². The number of methoxy groups -OCH3 is 2. The normalized spacial score (nSPS) is 19.4. The molecule has 25 heavy (non-hydrogen) atoms. The van der Waals surface area contributed by atoms with Crippen LogP contribution >= 0.6 is 11.3 Å². The van der Waals surface area contributed by atoms with Gasteiger partial charge in [-0.1, -0.05) is 18.9 Å². The summed E-state index contributed by atoms with van der Waals surface area (Å²) in [7, 11) is -0.570. The van der Waals surface area contributed by atoms with E-state index in [4.69, 9.17) is 9.47 Å². The number of hydrogen-bond acceptors (Lipinski definition) is 5. The SMILES string of the molecule is COc1ccc(S(=O)(=O)N2CCCCCC2c2cccs2)cc1OC. The summed E-state index contributed by atoms with van der Waals surface area (Å²) >= 11 is 1.62. The molecule has 1 atom stereocenters. The highest BCUT2D eigenvalue weighted by molar-refractivity contribution is 7.89. The number of benzene rings is 1. The van der Waals surface area contributed by atoms with Gasteiger partial charge >= 0.3 is 0 Å².